The van der Waals surface area contributed by atoms with E-state index in [4.69, 9.17) is 9.84 Å². The van der Waals surface area contributed by atoms with Crippen molar-refractivity contribution in [3.8, 4) is 0 Å². The fourth-order valence-electron chi connectivity index (χ4n) is 1.38. The van der Waals surface area contributed by atoms with Gasteiger partial charge in [0, 0.05) is 19.3 Å². The van der Waals surface area contributed by atoms with Crippen LogP contribution in [-0.2, 0) is 16.1 Å². The average molecular weight is 269 g/mol. The molecule has 0 spiro atoms. The first-order chi connectivity index (χ1) is 8.99. The Kier molecular flexibility index (Phi) is 6.01. The maximum atomic E-state index is 11.5. The lowest BCUT2D eigenvalue weighted by atomic mass is 10.4. The van der Waals surface area contributed by atoms with E-state index in [0.717, 1.165) is 6.42 Å². The van der Waals surface area contributed by atoms with Crippen molar-refractivity contribution in [3.63, 3.8) is 0 Å². The molecule has 0 saturated heterocycles. The van der Waals surface area contributed by atoms with Crippen LogP contribution >= 0.6 is 0 Å². The molecule has 0 fully saturated rings. The Labute approximate surface area is 111 Å². The fourth-order valence-corrected chi connectivity index (χ4v) is 1.38. The summed E-state index contributed by atoms with van der Waals surface area (Å²) in [5.74, 6) is -1.26. The van der Waals surface area contributed by atoms with Gasteiger partial charge in [0.2, 0.25) is 5.91 Å². The number of carbonyl (C=O) groups excluding carboxylic acids is 1. The maximum Gasteiger partial charge on any atom is 0.338 e. The van der Waals surface area contributed by atoms with Gasteiger partial charge in [-0.15, -0.1) is 0 Å². The van der Waals surface area contributed by atoms with Crippen LogP contribution in [0.25, 0.3) is 0 Å². The number of nitrogens with zero attached hydrogens (tertiary/aromatic N) is 2. The van der Waals surface area contributed by atoms with Gasteiger partial charge in [-0.1, -0.05) is 0 Å². The molecule has 1 aromatic heterocycles. The summed E-state index contributed by atoms with van der Waals surface area (Å²) in [5, 5.41) is 15.2. The molecule has 0 aliphatic carbocycles. The lowest BCUT2D eigenvalue weighted by molar-refractivity contribution is -0.121. The number of hydrogen-bond donors (Lipinski definition) is 2. The van der Waals surface area contributed by atoms with Crippen molar-refractivity contribution in [2.75, 3.05) is 13.2 Å². The topological polar surface area (TPSA) is 93.5 Å². The van der Waals surface area contributed by atoms with E-state index in [1.165, 1.54) is 17.1 Å². The molecule has 19 heavy (non-hydrogen) atoms. The SMILES string of the molecule is CC(C)OCCCNC(=O)Cn1cc(C(=O)O)cn1. The van der Waals surface area contributed by atoms with Crippen LogP contribution in [0.3, 0.4) is 0 Å². The summed E-state index contributed by atoms with van der Waals surface area (Å²) in [6, 6.07) is 0. The van der Waals surface area contributed by atoms with E-state index in [1.807, 2.05) is 13.8 Å². The number of nitrogens with one attached hydrogen (secondary N) is 1. The molecule has 0 unspecified atom stereocenters. The third-order valence-corrected chi connectivity index (χ3v) is 2.28. The number of carbonyl (C=O) groups is 2. The van der Waals surface area contributed by atoms with E-state index in [2.05, 4.69) is 10.4 Å². The minimum absolute atomic E-state index is 0.0122. The molecular weight excluding hydrogens is 250 g/mol. The molecule has 2 N–H and O–H groups in total. The molecule has 7 nitrogen and oxygen atoms in total. The zero-order valence-corrected chi connectivity index (χ0v) is 11.1. The van der Waals surface area contributed by atoms with Crippen LogP contribution in [0, 0.1) is 0 Å². The minimum Gasteiger partial charge on any atom is -0.478 e. The Bertz CT molecular complexity index is 428. The summed E-state index contributed by atoms with van der Waals surface area (Å²) in [6.45, 7) is 5.05. The molecule has 1 rings (SSSR count). The predicted molar refractivity (Wildman–Crippen MR) is 67.9 cm³/mol. The van der Waals surface area contributed by atoms with Crippen LogP contribution in [0.15, 0.2) is 12.4 Å². The summed E-state index contributed by atoms with van der Waals surface area (Å²) in [5.41, 5.74) is 0.0677. The summed E-state index contributed by atoms with van der Waals surface area (Å²) >= 11 is 0. The monoisotopic (exact) mass is 269 g/mol. The highest BCUT2D eigenvalue weighted by atomic mass is 16.5. The molecule has 1 amide bonds. The Hall–Kier alpha value is -1.89. The quantitative estimate of drug-likeness (QED) is 0.671. The van der Waals surface area contributed by atoms with E-state index >= 15 is 0 Å². The van der Waals surface area contributed by atoms with Crippen LogP contribution in [0.1, 0.15) is 30.6 Å². The van der Waals surface area contributed by atoms with Crippen molar-refractivity contribution < 1.29 is 19.4 Å². The van der Waals surface area contributed by atoms with Gasteiger partial charge in [0.05, 0.1) is 17.9 Å². The minimum atomic E-state index is -1.06. The molecule has 7 heteroatoms. The predicted octanol–water partition coefficient (Wildman–Crippen LogP) is 0.513. The van der Waals surface area contributed by atoms with Crippen LogP contribution in [-0.4, -0.2) is 46.0 Å². The van der Waals surface area contributed by atoms with Crippen molar-refractivity contribution in [1.82, 2.24) is 15.1 Å². The van der Waals surface area contributed by atoms with Gasteiger partial charge >= 0.3 is 5.97 Å². The summed E-state index contributed by atoms with van der Waals surface area (Å²) in [6.07, 6.45) is 3.47. The number of aromatic carboxylic acids is 1. The first-order valence-corrected chi connectivity index (χ1v) is 6.13. The van der Waals surface area contributed by atoms with Crippen molar-refractivity contribution >= 4 is 11.9 Å². The molecule has 1 aromatic rings. The van der Waals surface area contributed by atoms with Gasteiger partial charge in [0.1, 0.15) is 6.54 Å². The van der Waals surface area contributed by atoms with Gasteiger partial charge in [-0.3, -0.25) is 9.48 Å². The van der Waals surface area contributed by atoms with E-state index in [1.54, 1.807) is 0 Å². The first-order valence-electron chi connectivity index (χ1n) is 6.13. The second kappa shape index (κ2) is 7.52. The fraction of sp³-hybridized carbons (Fsp3) is 0.583. The lowest BCUT2D eigenvalue weighted by Crippen LogP contribution is -2.29. The van der Waals surface area contributed by atoms with Crippen molar-refractivity contribution in [1.29, 1.82) is 0 Å². The standard InChI is InChI=1S/C12H19N3O4/c1-9(2)19-5-3-4-13-11(16)8-15-7-10(6-14-15)12(17)18/h6-7,9H,3-5,8H2,1-2H3,(H,13,16)(H,17,18). The molecule has 0 aliphatic heterocycles. The van der Waals surface area contributed by atoms with Gasteiger partial charge < -0.3 is 15.2 Å². The van der Waals surface area contributed by atoms with Gasteiger partial charge in [0.25, 0.3) is 0 Å². The Balaban J connectivity index is 2.21. The normalized spacial score (nSPS) is 10.7. The Morgan fingerprint density at radius 2 is 2.26 bits per heavy atom. The van der Waals surface area contributed by atoms with E-state index in [0.29, 0.717) is 13.2 Å². The number of ether oxygens (including phenoxy) is 1. The molecule has 0 aliphatic rings. The second-order valence-electron chi connectivity index (χ2n) is 4.35. The summed E-state index contributed by atoms with van der Waals surface area (Å²) < 4.78 is 6.63. The maximum absolute atomic E-state index is 11.5. The Morgan fingerprint density at radius 1 is 1.53 bits per heavy atom. The molecular formula is C12H19N3O4. The molecule has 0 radical (unpaired) electrons. The highest BCUT2D eigenvalue weighted by Gasteiger charge is 2.08. The van der Waals surface area contributed by atoms with Crippen molar-refractivity contribution in [3.05, 3.63) is 18.0 Å². The van der Waals surface area contributed by atoms with Gasteiger partial charge in [-0.2, -0.15) is 5.10 Å². The summed E-state index contributed by atoms with van der Waals surface area (Å²) in [7, 11) is 0. The van der Waals surface area contributed by atoms with E-state index < -0.39 is 5.97 Å². The molecule has 0 saturated carbocycles. The number of rotatable bonds is 8. The second-order valence-corrected chi connectivity index (χ2v) is 4.35. The lowest BCUT2D eigenvalue weighted by Gasteiger charge is -2.08. The molecule has 0 bridgehead atoms. The van der Waals surface area contributed by atoms with E-state index in [-0.39, 0.29) is 24.1 Å². The zero-order valence-electron chi connectivity index (χ0n) is 11.1. The average Bonchev–Trinajstić information content (AvgIpc) is 2.76. The largest absolute Gasteiger partial charge is 0.478 e. The highest BCUT2D eigenvalue weighted by molar-refractivity contribution is 5.87. The molecule has 106 valence electrons. The van der Waals surface area contributed by atoms with Crippen molar-refractivity contribution in [2.45, 2.75) is 32.9 Å². The van der Waals surface area contributed by atoms with Gasteiger partial charge in [-0.25, -0.2) is 4.79 Å². The Morgan fingerprint density at radius 3 is 2.84 bits per heavy atom. The number of carboxylic acids is 1. The van der Waals surface area contributed by atoms with Crippen LogP contribution < -0.4 is 5.32 Å². The van der Waals surface area contributed by atoms with E-state index in [9.17, 15) is 9.59 Å². The third-order valence-electron chi connectivity index (χ3n) is 2.28. The molecule has 0 aromatic carbocycles. The van der Waals surface area contributed by atoms with Gasteiger partial charge in [-0.05, 0) is 20.3 Å². The van der Waals surface area contributed by atoms with Gasteiger partial charge in [0.15, 0.2) is 0 Å². The zero-order chi connectivity index (χ0) is 14.3. The molecule has 1 heterocycles. The molecule has 0 atom stereocenters. The first kappa shape index (κ1) is 15.2. The number of aromatic nitrogens is 2. The summed E-state index contributed by atoms with van der Waals surface area (Å²) in [4.78, 5) is 22.2. The van der Waals surface area contributed by atoms with Crippen LogP contribution in [0.5, 0.6) is 0 Å². The smallest absolute Gasteiger partial charge is 0.338 e. The third kappa shape index (κ3) is 6.01. The number of amides is 1. The van der Waals surface area contributed by atoms with Crippen LogP contribution in [0.2, 0.25) is 0 Å². The van der Waals surface area contributed by atoms with Crippen LogP contribution in [0.4, 0.5) is 0 Å². The van der Waals surface area contributed by atoms with Crippen molar-refractivity contribution in [2.24, 2.45) is 0 Å². The number of hydrogen-bond acceptors (Lipinski definition) is 4. The number of carboxylic acid groups (broad SMARTS) is 1. The highest BCUT2D eigenvalue weighted by Crippen LogP contribution is 1.97.